The lowest BCUT2D eigenvalue weighted by Gasteiger charge is -2.25. The molecule has 5 heteroatoms. The molecule has 1 saturated carbocycles. The van der Waals surface area contributed by atoms with Gasteiger partial charge in [0.2, 0.25) is 5.91 Å². The molecule has 2 rings (SSSR count). The van der Waals surface area contributed by atoms with Crippen molar-refractivity contribution in [3.8, 4) is 0 Å². The first kappa shape index (κ1) is 14.5. The monoisotopic (exact) mass is 279 g/mol. The Morgan fingerprint density at radius 2 is 2.10 bits per heavy atom. The van der Waals surface area contributed by atoms with Crippen LogP contribution < -0.4 is 5.32 Å². The van der Waals surface area contributed by atoms with Crippen molar-refractivity contribution in [2.24, 2.45) is 11.3 Å². The number of rotatable bonds is 3. The number of carboxylic acid groups (broad SMARTS) is 1. The Bertz CT molecular complexity index is 554. The summed E-state index contributed by atoms with van der Waals surface area (Å²) in [6.45, 7) is 4.11. The van der Waals surface area contributed by atoms with E-state index in [-0.39, 0.29) is 17.2 Å². The van der Waals surface area contributed by atoms with Crippen LogP contribution in [0.3, 0.4) is 0 Å². The molecule has 2 N–H and O–H groups in total. The maximum atomic E-state index is 13.5. The molecule has 1 aliphatic carbocycles. The van der Waals surface area contributed by atoms with Crippen molar-refractivity contribution in [2.75, 3.05) is 5.32 Å². The molecule has 20 heavy (non-hydrogen) atoms. The number of amides is 1. The van der Waals surface area contributed by atoms with E-state index in [1.54, 1.807) is 0 Å². The van der Waals surface area contributed by atoms with Crippen LogP contribution in [0.4, 0.5) is 10.1 Å². The Balaban J connectivity index is 2.12. The summed E-state index contributed by atoms with van der Waals surface area (Å²) in [5, 5.41) is 11.4. The quantitative estimate of drug-likeness (QED) is 0.892. The molecule has 0 aromatic heterocycles. The van der Waals surface area contributed by atoms with Gasteiger partial charge in [-0.05, 0) is 36.5 Å². The molecule has 0 bridgehead atoms. The van der Waals surface area contributed by atoms with Gasteiger partial charge >= 0.3 is 5.97 Å². The average molecular weight is 279 g/mol. The van der Waals surface area contributed by atoms with Gasteiger partial charge < -0.3 is 10.4 Å². The van der Waals surface area contributed by atoms with Crippen molar-refractivity contribution in [1.29, 1.82) is 0 Å². The first-order chi connectivity index (χ1) is 9.31. The van der Waals surface area contributed by atoms with Crippen LogP contribution in [0.25, 0.3) is 0 Å². The van der Waals surface area contributed by atoms with Gasteiger partial charge in [-0.2, -0.15) is 0 Å². The standard InChI is InChI=1S/C15H18FNO3/c1-15(2)7-3-4-11(15)13(18)17-9-5-6-10(14(19)20)12(16)8-9/h5-6,8,11H,3-4,7H2,1-2H3,(H,17,18)(H,19,20). The normalized spacial score (nSPS) is 20.6. The molecule has 0 radical (unpaired) electrons. The van der Waals surface area contributed by atoms with Gasteiger partial charge in [-0.1, -0.05) is 20.3 Å². The molecule has 1 aromatic carbocycles. The Morgan fingerprint density at radius 1 is 1.40 bits per heavy atom. The molecule has 1 unspecified atom stereocenters. The molecule has 4 nitrogen and oxygen atoms in total. The number of benzene rings is 1. The number of hydrogen-bond acceptors (Lipinski definition) is 2. The number of nitrogens with one attached hydrogen (secondary N) is 1. The van der Waals surface area contributed by atoms with Gasteiger partial charge in [0.05, 0.1) is 5.56 Å². The zero-order valence-electron chi connectivity index (χ0n) is 11.6. The predicted molar refractivity (Wildman–Crippen MR) is 73.1 cm³/mol. The van der Waals surface area contributed by atoms with E-state index in [4.69, 9.17) is 5.11 Å². The summed E-state index contributed by atoms with van der Waals surface area (Å²) < 4.78 is 13.5. The minimum atomic E-state index is -1.32. The predicted octanol–water partition coefficient (Wildman–Crippen LogP) is 3.29. The SMILES string of the molecule is CC1(C)CCCC1C(=O)Nc1ccc(C(=O)O)c(F)c1. The van der Waals surface area contributed by atoms with E-state index in [9.17, 15) is 14.0 Å². The number of aromatic carboxylic acids is 1. The van der Waals surface area contributed by atoms with Crippen molar-refractivity contribution in [2.45, 2.75) is 33.1 Å². The smallest absolute Gasteiger partial charge is 0.338 e. The van der Waals surface area contributed by atoms with Crippen molar-refractivity contribution in [3.05, 3.63) is 29.6 Å². The average Bonchev–Trinajstić information content (AvgIpc) is 2.68. The van der Waals surface area contributed by atoms with E-state index < -0.39 is 17.3 Å². The van der Waals surface area contributed by atoms with Crippen molar-refractivity contribution < 1.29 is 19.1 Å². The van der Waals surface area contributed by atoms with E-state index in [0.29, 0.717) is 5.69 Å². The van der Waals surface area contributed by atoms with E-state index in [2.05, 4.69) is 19.2 Å². The van der Waals surface area contributed by atoms with Crippen LogP contribution in [0.15, 0.2) is 18.2 Å². The minimum absolute atomic E-state index is 0.0520. The van der Waals surface area contributed by atoms with Crippen LogP contribution in [0.2, 0.25) is 0 Å². The van der Waals surface area contributed by atoms with Gasteiger partial charge in [-0.15, -0.1) is 0 Å². The van der Waals surface area contributed by atoms with Crippen molar-refractivity contribution >= 4 is 17.6 Å². The van der Waals surface area contributed by atoms with Gasteiger partial charge in [0.25, 0.3) is 0 Å². The molecule has 0 heterocycles. The lowest BCUT2D eigenvalue weighted by molar-refractivity contribution is -0.122. The fraction of sp³-hybridized carbons (Fsp3) is 0.467. The highest BCUT2D eigenvalue weighted by Crippen LogP contribution is 2.43. The van der Waals surface area contributed by atoms with Crippen LogP contribution in [-0.4, -0.2) is 17.0 Å². The summed E-state index contributed by atoms with van der Waals surface area (Å²) in [5.74, 6) is -2.39. The topological polar surface area (TPSA) is 66.4 Å². The number of carboxylic acids is 1. The number of hydrogen-bond donors (Lipinski definition) is 2. The largest absolute Gasteiger partial charge is 0.478 e. The summed E-state index contributed by atoms with van der Waals surface area (Å²) in [6, 6.07) is 3.61. The summed E-state index contributed by atoms with van der Waals surface area (Å²) in [7, 11) is 0. The maximum Gasteiger partial charge on any atom is 0.338 e. The lowest BCUT2D eigenvalue weighted by atomic mass is 9.81. The van der Waals surface area contributed by atoms with E-state index >= 15 is 0 Å². The molecular formula is C15H18FNO3. The zero-order valence-corrected chi connectivity index (χ0v) is 11.6. The van der Waals surface area contributed by atoms with Gasteiger partial charge in [0, 0.05) is 11.6 Å². The van der Waals surface area contributed by atoms with Gasteiger partial charge in [-0.25, -0.2) is 9.18 Å². The third-order valence-electron chi connectivity index (χ3n) is 4.04. The van der Waals surface area contributed by atoms with Crippen molar-refractivity contribution in [1.82, 2.24) is 0 Å². The number of halogens is 1. The molecule has 1 atom stereocenters. The van der Waals surface area contributed by atoms with E-state index in [0.717, 1.165) is 31.4 Å². The molecule has 1 fully saturated rings. The van der Waals surface area contributed by atoms with Crippen LogP contribution in [0.1, 0.15) is 43.5 Å². The molecule has 0 spiro atoms. The molecule has 0 aliphatic heterocycles. The van der Waals surface area contributed by atoms with Gasteiger partial charge in [0.1, 0.15) is 5.82 Å². The Hall–Kier alpha value is -1.91. The lowest BCUT2D eigenvalue weighted by Crippen LogP contribution is -2.30. The van der Waals surface area contributed by atoms with E-state index in [1.165, 1.54) is 6.07 Å². The highest BCUT2D eigenvalue weighted by molar-refractivity contribution is 5.94. The van der Waals surface area contributed by atoms with E-state index in [1.807, 2.05) is 0 Å². The summed E-state index contributed by atoms with van der Waals surface area (Å²) in [5.41, 5.74) is -0.159. The Labute approximate surface area is 117 Å². The van der Waals surface area contributed by atoms with Crippen LogP contribution in [0, 0.1) is 17.2 Å². The van der Waals surface area contributed by atoms with Gasteiger partial charge in [-0.3, -0.25) is 4.79 Å². The highest BCUT2D eigenvalue weighted by Gasteiger charge is 2.39. The summed E-state index contributed by atoms with van der Waals surface area (Å²) in [4.78, 5) is 22.9. The zero-order chi connectivity index (χ0) is 14.9. The Morgan fingerprint density at radius 3 is 2.60 bits per heavy atom. The second-order valence-corrected chi connectivity index (χ2v) is 5.92. The fourth-order valence-corrected chi connectivity index (χ4v) is 2.81. The molecule has 1 aliphatic rings. The first-order valence-corrected chi connectivity index (χ1v) is 6.65. The van der Waals surface area contributed by atoms with Crippen LogP contribution in [-0.2, 0) is 4.79 Å². The second kappa shape index (κ2) is 5.23. The second-order valence-electron chi connectivity index (χ2n) is 5.92. The summed E-state index contributed by atoms with van der Waals surface area (Å²) in [6.07, 6.45) is 2.84. The highest BCUT2D eigenvalue weighted by atomic mass is 19.1. The van der Waals surface area contributed by atoms with Gasteiger partial charge in [0.15, 0.2) is 0 Å². The molecule has 108 valence electrons. The Kier molecular flexibility index (Phi) is 3.79. The fourth-order valence-electron chi connectivity index (χ4n) is 2.81. The third-order valence-corrected chi connectivity index (χ3v) is 4.04. The molecule has 1 amide bonds. The molecule has 1 aromatic rings. The van der Waals surface area contributed by atoms with Crippen LogP contribution in [0.5, 0.6) is 0 Å². The number of carbonyl (C=O) groups excluding carboxylic acids is 1. The molecular weight excluding hydrogens is 261 g/mol. The van der Waals surface area contributed by atoms with Crippen LogP contribution >= 0.6 is 0 Å². The molecule has 0 saturated heterocycles. The maximum absolute atomic E-state index is 13.5. The minimum Gasteiger partial charge on any atom is -0.478 e. The number of carbonyl (C=O) groups is 2. The van der Waals surface area contributed by atoms with Crippen molar-refractivity contribution in [3.63, 3.8) is 0 Å². The first-order valence-electron chi connectivity index (χ1n) is 6.65. The summed E-state index contributed by atoms with van der Waals surface area (Å²) >= 11 is 0. The third kappa shape index (κ3) is 2.81. The number of anilines is 1.